The van der Waals surface area contributed by atoms with Crippen molar-refractivity contribution < 1.29 is 14.7 Å². The van der Waals surface area contributed by atoms with Crippen LogP contribution in [0.1, 0.15) is 31.0 Å². The van der Waals surface area contributed by atoms with E-state index in [1.165, 1.54) is 13.0 Å². The molecule has 1 amide bonds. The quantitative estimate of drug-likeness (QED) is 0.781. The number of amides is 1. The minimum absolute atomic E-state index is 0.0509. The number of carbonyl (C=O) groups excluding carboxylic acids is 1. The third kappa shape index (κ3) is 4.51. The Balaban J connectivity index is 2.74. The average molecular weight is 233 g/mol. The highest BCUT2D eigenvalue weighted by molar-refractivity contribution is 5.85. The van der Waals surface area contributed by atoms with Crippen molar-refractivity contribution in [2.24, 2.45) is 0 Å². The Hall–Kier alpha value is -2.10. The van der Waals surface area contributed by atoms with Gasteiger partial charge in [0.1, 0.15) is 0 Å². The number of carboxylic acid groups (broad SMARTS) is 1. The Kier molecular flexibility index (Phi) is 4.46. The van der Waals surface area contributed by atoms with Gasteiger partial charge < -0.3 is 10.4 Å². The predicted molar refractivity (Wildman–Crippen MR) is 65.3 cm³/mol. The summed E-state index contributed by atoms with van der Waals surface area (Å²) in [5, 5.41) is 11.3. The van der Waals surface area contributed by atoms with E-state index >= 15 is 0 Å². The monoisotopic (exact) mass is 233 g/mol. The van der Waals surface area contributed by atoms with Crippen molar-refractivity contribution in [3.63, 3.8) is 0 Å². The summed E-state index contributed by atoms with van der Waals surface area (Å²) in [4.78, 5) is 21.2. The Morgan fingerprint density at radius 1 is 1.29 bits per heavy atom. The molecule has 0 saturated heterocycles. The first-order valence-electron chi connectivity index (χ1n) is 5.27. The fourth-order valence-corrected chi connectivity index (χ4v) is 1.45. The Labute approximate surface area is 100.0 Å². The van der Waals surface area contributed by atoms with Gasteiger partial charge in [0.05, 0.1) is 6.04 Å². The third-order valence-electron chi connectivity index (χ3n) is 2.27. The molecule has 2 N–H and O–H groups in total. The molecule has 1 aromatic carbocycles. The van der Waals surface area contributed by atoms with E-state index in [0.29, 0.717) is 0 Å². The van der Waals surface area contributed by atoms with Gasteiger partial charge in [0, 0.05) is 13.0 Å². The predicted octanol–water partition coefficient (Wildman–Crippen LogP) is 1.98. The smallest absolute Gasteiger partial charge is 0.328 e. The molecular formula is C13H15NO3. The van der Waals surface area contributed by atoms with E-state index in [9.17, 15) is 9.59 Å². The highest BCUT2D eigenvalue weighted by atomic mass is 16.4. The van der Waals surface area contributed by atoms with Crippen LogP contribution in [0.25, 0.3) is 6.08 Å². The van der Waals surface area contributed by atoms with Crippen molar-refractivity contribution in [2.45, 2.75) is 19.9 Å². The Morgan fingerprint density at radius 3 is 2.35 bits per heavy atom. The molecule has 0 aliphatic heterocycles. The summed E-state index contributed by atoms with van der Waals surface area (Å²) in [6.45, 7) is 3.37. The lowest BCUT2D eigenvalue weighted by Gasteiger charge is -2.12. The second-order valence-corrected chi connectivity index (χ2v) is 3.76. The molecule has 0 radical (unpaired) electrons. The Bertz CT molecular complexity index is 434. The fraction of sp³-hybridized carbons (Fsp3) is 0.231. The topological polar surface area (TPSA) is 66.4 Å². The third-order valence-corrected chi connectivity index (χ3v) is 2.27. The lowest BCUT2D eigenvalue weighted by Crippen LogP contribution is -2.23. The highest BCUT2D eigenvalue weighted by Crippen LogP contribution is 2.13. The molecule has 0 aliphatic carbocycles. The molecule has 0 heterocycles. The van der Waals surface area contributed by atoms with Crippen LogP contribution in [0, 0.1) is 0 Å². The fourth-order valence-electron chi connectivity index (χ4n) is 1.45. The van der Waals surface area contributed by atoms with Gasteiger partial charge in [0.25, 0.3) is 0 Å². The van der Waals surface area contributed by atoms with Crippen LogP contribution in [0.3, 0.4) is 0 Å². The maximum atomic E-state index is 10.9. The summed E-state index contributed by atoms with van der Waals surface area (Å²) in [5.41, 5.74) is 1.79. The molecule has 0 fully saturated rings. The minimum Gasteiger partial charge on any atom is -0.478 e. The zero-order valence-corrected chi connectivity index (χ0v) is 9.81. The average Bonchev–Trinajstić information content (AvgIpc) is 2.26. The van der Waals surface area contributed by atoms with Gasteiger partial charge in [-0.3, -0.25) is 4.79 Å². The highest BCUT2D eigenvalue weighted by Gasteiger charge is 2.05. The molecule has 1 rings (SSSR count). The van der Waals surface area contributed by atoms with E-state index in [0.717, 1.165) is 17.2 Å². The van der Waals surface area contributed by atoms with Crippen LogP contribution >= 0.6 is 0 Å². The lowest BCUT2D eigenvalue weighted by atomic mass is 10.1. The maximum absolute atomic E-state index is 10.9. The molecule has 90 valence electrons. The molecule has 1 atom stereocenters. The van der Waals surface area contributed by atoms with E-state index in [4.69, 9.17) is 5.11 Å². The summed E-state index contributed by atoms with van der Waals surface area (Å²) in [7, 11) is 0. The number of hydrogen-bond donors (Lipinski definition) is 2. The molecule has 17 heavy (non-hydrogen) atoms. The van der Waals surface area contributed by atoms with Gasteiger partial charge in [-0.2, -0.15) is 0 Å². The number of benzene rings is 1. The molecule has 4 heteroatoms. The Morgan fingerprint density at radius 2 is 1.88 bits per heavy atom. The van der Waals surface area contributed by atoms with Crippen LogP contribution < -0.4 is 5.32 Å². The van der Waals surface area contributed by atoms with Gasteiger partial charge in [0.15, 0.2) is 0 Å². The largest absolute Gasteiger partial charge is 0.478 e. The van der Waals surface area contributed by atoms with Gasteiger partial charge >= 0.3 is 5.97 Å². The molecule has 1 aromatic rings. The summed E-state index contributed by atoms with van der Waals surface area (Å²) in [6, 6.07) is 7.30. The van der Waals surface area contributed by atoms with E-state index in [-0.39, 0.29) is 11.9 Å². The number of hydrogen-bond acceptors (Lipinski definition) is 2. The number of carbonyl (C=O) groups is 2. The van der Waals surface area contributed by atoms with Crippen LogP contribution in [-0.4, -0.2) is 17.0 Å². The SMILES string of the molecule is CC(=O)NC(C)c1ccc(/C=C/C(=O)O)cc1. The normalized spacial score (nSPS) is 12.4. The lowest BCUT2D eigenvalue weighted by molar-refractivity contribution is -0.131. The number of nitrogens with one attached hydrogen (secondary N) is 1. The molecule has 0 spiro atoms. The van der Waals surface area contributed by atoms with Crippen molar-refractivity contribution >= 4 is 18.0 Å². The first-order chi connectivity index (χ1) is 7.99. The van der Waals surface area contributed by atoms with Gasteiger partial charge in [-0.15, -0.1) is 0 Å². The van der Waals surface area contributed by atoms with Crippen molar-refractivity contribution in [1.82, 2.24) is 5.32 Å². The molecule has 0 aliphatic rings. The van der Waals surface area contributed by atoms with E-state index < -0.39 is 5.97 Å². The van der Waals surface area contributed by atoms with Crippen molar-refractivity contribution in [3.8, 4) is 0 Å². The van der Waals surface area contributed by atoms with Gasteiger partial charge in [-0.1, -0.05) is 24.3 Å². The first-order valence-corrected chi connectivity index (χ1v) is 5.27. The number of carboxylic acids is 1. The molecule has 0 bridgehead atoms. The van der Waals surface area contributed by atoms with Crippen molar-refractivity contribution in [3.05, 3.63) is 41.5 Å². The zero-order valence-electron chi connectivity index (χ0n) is 9.81. The first kappa shape index (κ1) is 13.0. The van der Waals surface area contributed by atoms with Crippen LogP contribution in [0.15, 0.2) is 30.3 Å². The van der Waals surface area contributed by atoms with Crippen LogP contribution in [-0.2, 0) is 9.59 Å². The summed E-state index contributed by atoms with van der Waals surface area (Å²) < 4.78 is 0. The maximum Gasteiger partial charge on any atom is 0.328 e. The summed E-state index contributed by atoms with van der Waals surface area (Å²) in [6.07, 6.45) is 2.61. The molecule has 4 nitrogen and oxygen atoms in total. The van der Waals surface area contributed by atoms with Gasteiger partial charge in [-0.05, 0) is 24.1 Å². The van der Waals surface area contributed by atoms with Crippen LogP contribution in [0.2, 0.25) is 0 Å². The zero-order chi connectivity index (χ0) is 12.8. The van der Waals surface area contributed by atoms with Crippen molar-refractivity contribution in [1.29, 1.82) is 0 Å². The summed E-state index contributed by atoms with van der Waals surface area (Å²) in [5.74, 6) is -1.05. The van der Waals surface area contributed by atoms with Gasteiger partial charge in [0.2, 0.25) is 5.91 Å². The molecular weight excluding hydrogens is 218 g/mol. The number of aliphatic carboxylic acids is 1. The second-order valence-electron chi connectivity index (χ2n) is 3.76. The van der Waals surface area contributed by atoms with E-state index in [1.54, 1.807) is 0 Å². The number of rotatable bonds is 4. The second kappa shape index (κ2) is 5.84. The minimum atomic E-state index is -0.972. The molecule has 0 aromatic heterocycles. The summed E-state index contributed by atoms with van der Waals surface area (Å²) >= 11 is 0. The molecule has 1 unspecified atom stereocenters. The van der Waals surface area contributed by atoms with E-state index in [2.05, 4.69) is 5.32 Å². The van der Waals surface area contributed by atoms with Crippen LogP contribution in [0.4, 0.5) is 0 Å². The van der Waals surface area contributed by atoms with E-state index in [1.807, 2.05) is 31.2 Å². The molecule has 0 saturated carbocycles. The van der Waals surface area contributed by atoms with Gasteiger partial charge in [-0.25, -0.2) is 4.79 Å². The standard InChI is InChI=1S/C13H15NO3/c1-9(14-10(2)15)12-6-3-11(4-7-12)5-8-13(16)17/h3-9H,1-2H3,(H,14,15)(H,16,17)/b8-5+. The van der Waals surface area contributed by atoms with Crippen LogP contribution in [0.5, 0.6) is 0 Å². The van der Waals surface area contributed by atoms with Crippen molar-refractivity contribution in [2.75, 3.05) is 0 Å².